The molecular formula is C11H10BrClO3. The molecule has 5 heteroatoms. The van der Waals surface area contributed by atoms with Crippen LogP contribution in [0, 0.1) is 0 Å². The van der Waals surface area contributed by atoms with Gasteiger partial charge >= 0.3 is 5.97 Å². The number of alkyl halides is 1. The van der Waals surface area contributed by atoms with Gasteiger partial charge in [-0.2, -0.15) is 0 Å². The van der Waals surface area contributed by atoms with Crippen LogP contribution >= 0.6 is 27.5 Å². The van der Waals surface area contributed by atoms with E-state index in [-0.39, 0.29) is 12.4 Å². The van der Waals surface area contributed by atoms with E-state index in [4.69, 9.17) is 16.3 Å². The van der Waals surface area contributed by atoms with Gasteiger partial charge in [0.15, 0.2) is 10.6 Å². The Morgan fingerprint density at radius 3 is 2.44 bits per heavy atom. The minimum Gasteiger partial charge on any atom is -0.465 e. The first-order chi connectivity index (χ1) is 7.56. The maximum Gasteiger partial charge on any atom is 0.327 e. The fraction of sp³-hybridized carbons (Fsp3) is 0.273. The van der Waals surface area contributed by atoms with Gasteiger partial charge in [0.05, 0.1) is 6.61 Å². The maximum atomic E-state index is 11.8. The van der Waals surface area contributed by atoms with Crippen LogP contribution in [0.5, 0.6) is 0 Å². The topological polar surface area (TPSA) is 43.4 Å². The van der Waals surface area contributed by atoms with Crippen molar-refractivity contribution in [3.05, 3.63) is 34.9 Å². The second-order valence-corrected chi connectivity index (χ2v) is 4.34. The highest BCUT2D eigenvalue weighted by atomic mass is 79.9. The molecule has 1 atom stereocenters. The zero-order valence-corrected chi connectivity index (χ0v) is 10.9. The van der Waals surface area contributed by atoms with Crippen molar-refractivity contribution in [1.29, 1.82) is 0 Å². The Kier molecular flexibility index (Phi) is 4.96. The molecule has 0 aliphatic heterocycles. The van der Waals surface area contributed by atoms with Crippen molar-refractivity contribution in [3.63, 3.8) is 0 Å². The minimum absolute atomic E-state index is 0.245. The lowest BCUT2D eigenvalue weighted by Gasteiger charge is -2.07. The van der Waals surface area contributed by atoms with Crippen molar-refractivity contribution in [2.24, 2.45) is 0 Å². The number of carbonyl (C=O) groups is 2. The Morgan fingerprint density at radius 1 is 1.38 bits per heavy atom. The van der Waals surface area contributed by atoms with Crippen LogP contribution in [0.3, 0.4) is 0 Å². The lowest BCUT2D eigenvalue weighted by molar-refractivity contribution is -0.141. The molecule has 0 aliphatic carbocycles. The van der Waals surface area contributed by atoms with E-state index in [1.54, 1.807) is 31.2 Å². The summed E-state index contributed by atoms with van der Waals surface area (Å²) < 4.78 is 4.74. The fourth-order valence-electron chi connectivity index (χ4n) is 1.08. The van der Waals surface area contributed by atoms with Crippen LogP contribution < -0.4 is 0 Å². The number of halogens is 2. The normalized spacial score (nSPS) is 11.9. The van der Waals surface area contributed by atoms with Crippen molar-refractivity contribution in [1.82, 2.24) is 0 Å². The highest BCUT2D eigenvalue weighted by Gasteiger charge is 2.25. The SMILES string of the molecule is CCOC(=O)[C@@H](Br)C(=O)c1ccc(Cl)cc1. The number of rotatable bonds is 4. The average molecular weight is 306 g/mol. The van der Waals surface area contributed by atoms with Crippen molar-refractivity contribution in [2.45, 2.75) is 11.8 Å². The molecule has 1 aromatic carbocycles. The predicted octanol–water partition coefficient (Wildman–Crippen LogP) is 2.85. The first kappa shape index (κ1) is 13.2. The van der Waals surface area contributed by atoms with Gasteiger partial charge in [-0.15, -0.1) is 0 Å². The molecule has 16 heavy (non-hydrogen) atoms. The summed E-state index contributed by atoms with van der Waals surface area (Å²) in [6, 6.07) is 6.33. The maximum absolute atomic E-state index is 11.8. The number of carbonyl (C=O) groups excluding carboxylic acids is 2. The van der Waals surface area contributed by atoms with Crippen LogP contribution in [-0.4, -0.2) is 23.2 Å². The van der Waals surface area contributed by atoms with E-state index in [0.29, 0.717) is 10.6 Å². The van der Waals surface area contributed by atoms with Crippen LogP contribution in [0.1, 0.15) is 17.3 Å². The number of Topliss-reactive ketones (excluding diaryl/α,β-unsaturated/α-hetero) is 1. The van der Waals surface area contributed by atoms with Crippen molar-refractivity contribution in [2.75, 3.05) is 6.61 Å². The number of ketones is 1. The fourth-order valence-corrected chi connectivity index (χ4v) is 1.61. The monoisotopic (exact) mass is 304 g/mol. The van der Waals surface area contributed by atoms with Gasteiger partial charge in [0, 0.05) is 10.6 Å². The predicted molar refractivity (Wildman–Crippen MR) is 65.1 cm³/mol. The van der Waals surface area contributed by atoms with Crippen molar-refractivity contribution < 1.29 is 14.3 Å². The van der Waals surface area contributed by atoms with Gasteiger partial charge in [0.25, 0.3) is 0 Å². The molecule has 0 amide bonds. The Morgan fingerprint density at radius 2 is 1.94 bits per heavy atom. The van der Waals surface area contributed by atoms with Gasteiger partial charge in [-0.1, -0.05) is 27.5 Å². The molecule has 0 N–H and O–H groups in total. The molecule has 0 aromatic heterocycles. The quantitative estimate of drug-likeness (QED) is 0.372. The average Bonchev–Trinajstić information content (AvgIpc) is 2.28. The summed E-state index contributed by atoms with van der Waals surface area (Å²) >= 11 is 8.70. The molecule has 1 aromatic rings. The number of hydrogen-bond acceptors (Lipinski definition) is 3. The van der Waals surface area contributed by atoms with E-state index in [0.717, 1.165) is 0 Å². The van der Waals surface area contributed by atoms with Gasteiger partial charge in [0.1, 0.15) is 0 Å². The van der Waals surface area contributed by atoms with Gasteiger partial charge in [-0.3, -0.25) is 9.59 Å². The third-order valence-corrected chi connectivity index (χ3v) is 2.89. The summed E-state index contributed by atoms with van der Waals surface area (Å²) in [5.74, 6) is -0.919. The van der Waals surface area contributed by atoms with Gasteiger partial charge in [0.2, 0.25) is 0 Å². The molecular weight excluding hydrogens is 295 g/mol. The molecule has 0 saturated heterocycles. The van der Waals surface area contributed by atoms with Crippen LogP contribution in [-0.2, 0) is 9.53 Å². The summed E-state index contributed by atoms with van der Waals surface area (Å²) in [5.41, 5.74) is 0.416. The summed E-state index contributed by atoms with van der Waals surface area (Å²) in [5, 5.41) is 0.541. The number of benzene rings is 1. The molecule has 3 nitrogen and oxygen atoms in total. The van der Waals surface area contributed by atoms with E-state index >= 15 is 0 Å². The molecule has 0 spiro atoms. The first-order valence-electron chi connectivity index (χ1n) is 4.66. The molecule has 86 valence electrons. The Bertz CT molecular complexity index is 389. The van der Waals surface area contributed by atoms with Gasteiger partial charge in [-0.25, -0.2) is 0 Å². The van der Waals surface area contributed by atoms with Crippen LogP contribution in [0.25, 0.3) is 0 Å². The number of esters is 1. The molecule has 0 saturated carbocycles. The number of hydrogen-bond donors (Lipinski definition) is 0. The second-order valence-electron chi connectivity index (χ2n) is 2.99. The van der Waals surface area contributed by atoms with E-state index in [9.17, 15) is 9.59 Å². The molecule has 0 fully saturated rings. The third kappa shape index (κ3) is 3.32. The van der Waals surface area contributed by atoms with Crippen molar-refractivity contribution >= 4 is 39.3 Å². The zero-order chi connectivity index (χ0) is 12.1. The van der Waals surface area contributed by atoms with Crippen LogP contribution in [0.2, 0.25) is 5.02 Å². The summed E-state index contributed by atoms with van der Waals surface area (Å²) in [4.78, 5) is 22.1. The Balaban J connectivity index is 2.78. The van der Waals surface area contributed by atoms with Crippen LogP contribution in [0.4, 0.5) is 0 Å². The molecule has 0 radical (unpaired) electrons. The van der Waals surface area contributed by atoms with Gasteiger partial charge in [-0.05, 0) is 31.2 Å². The Labute approximate surface area is 107 Å². The highest BCUT2D eigenvalue weighted by molar-refractivity contribution is 9.10. The first-order valence-corrected chi connectivity index (χ1v) is 5.96. The van der Waals surface area contributed by atoms with E-state index < -0.39 is 10.8 Å². The Hall–Kier alpha value is -0.870. The summed E-state index contributed by atoms with van der Waals surface area (Å²) in [6.45, 7) is 1.93. The highest BCUT2D eigenvalue weighted by Crippen LogP contribution is 2.15. The van der Waals surface area contributed by atoms with Gasteiger partial charge < -0.3 is 4.74 Å². The van der Waals surface area contributed by atoms with Crippen molar-refractivity contribution in [3.8, 4) is 0 Å². The molecule has 0 heterocycles. The lowest BCUT2D eigenvalue weighted by Crippen LogP contribution is -2.26. The zero-order valence-electron chi connectivity index (χ0n) is 8.57. The summed E-state index contributed by atoms with van der Waals surface area (Å²) in [7, 11) is 0. The summed E-state index contributed by atoms with van der Waals surface area (Å²) in [6.07, 6.45) is 0. The third-order valence-electron chi connectivity index (χ3n) is 1.85. The van der Waals surface area contributed by atoms with E-state index in [1.807, 2.05) is 0 Å². The second kappa shape index (κ2) is 6.01. The molecule has 0 unspecified atom stereocenters. The number of ether oxygens (including phenoxy) is 1. The smallest absolute Gasteiger partial charge is 0.327 e. The van der Waals surface area contributed by atoms with Crippen LogP contribution in [0.15, 0.2) is 24.3 Å². The molecule has 0 bridgehead atoms. The van der Waals surface area contributed by atoms with E-state index in [1.165, 1.54) is 0 Å². The standard InChI is InChI=1S/C11H10BrClO3/c1-2-16-11(15)9(12)10(14)7-3-5-8(13)6-4-7/h3-6,9H,2H2,1H3/t9-/m0/s1. The lowest BCUT2D eigenvalue weighted by atomic mass is 10.1. The molecule has 0 aliphatic rings. The minimum atomic E-state index is -0.964. The largest absolute Gasteiger partial charge is 0.465 e. The van der Waals surface area contributed by atoms with E-state index in [2.05, 4.69) is 15.9 Å². The molecule has 1 rings (SSSR count).